The summed E-state index contributed by atoms with van der Waals surface area (Å²) in [6, 6.07) is -0.225. The Kier molecular flexibility index (Phi) is 2.60. The van der Waals surface area contributed by atoms with Gasteiger partial charge in [-0.25, -0.2) is 4.98 Å². The van der Waals surface area contributed by atoms with E-state index in [0.29, 0.717) is 5.76 Å². The predicted molar refractivity (Wildman–Crippen MR) is 54.4 cm³/mol. The maximum absolute atomic E-state index is 6.00. The standard InChI is InChI=1S/C11H12N2O/c12-11(10-7-13-8-14-10)9-5-3-1-2-4-6-9/h1,3-8,11H,2,12H2. The van der Waals surface area contributed by atoms with Crippen molar-refractivity contribution in [2.24, 2.45) is 5.73 Å². The van der Waals surface area contributed by atoms with Crippen LogP contribution in [0, 0.1) is 0 Å². The van der Waals surface area contributed by atoms with E-state index in [0.717, 1.165) is 12.0 Å². The molecule has 0 aromatic carbocycles. The van der Waals surface area contributed by atoms with E-state index in [9.17, 15) is 0 Å². The van der Waals surface area contributed by atoms with Gasteiger partial charge in [-0.2, -0.15) is 0 Å². The monoisotopic (exact) mass is 188 g/mol. The molecule has 0 aliphatic heterocycles. The summed E-state index contributed by atoms with van der Waals surface area (Å²) in [4.78, 5) is 3.85. The molecule has 1 aliphatic carbocycles. The lowest BCUT2D eigenvalue weighted by molar-refractivity contribution is 0.485. The van der Waals surface area contributed by atoms with Crippen molar-refractivity contribution >= 4 is 0 Å². The molecule has 1 aromatic heterocycles. The molecule has 1 aromatic rings. The van der Waals surface area contributed by atoms with Crippen LogP contribution >= 0.6 is 0 Å². The molecule has 0 saturated carbocycles. The lowest BCUT2D eigenvalue weighted by Gasteiger charge is -2.08. The molecule has 3 nitrogen and oxygen atoms in total. The third-order valence-corrected chi connectivity index (χ3v) is 2.12. The van der Waals surface area contributed by atoms with Crippen molar-refractivity contribution in [2.45, 2.75) is 12.5 Å². The van der Waals surface area contributed by atoms with Crippen molar-refractivity contribution in [2.75, 3.05) is 0 Å². The number of nitrogens with zero attached hydrogens (tertiary/aromatic N) is 1. The Hall–Kier alpha value is -1.61. The fraction of sp³-hybridized carbons (Fsp3) is 0.182. The first kappa shape index (κ1) is 8.97. The van der Waals surface area contributed by atoms with Gasteiger partial charge in [0.2, 0.25) is 0 Å². The second kappa shape index (κ2) is 4.07. The van der Waals surface area contributed by atoms with Gasteiger partial charge in [0.15, 0.2) is 6.39 Å². The van der Waals surface area contributed by atoms with E-state index in [2.05, 4.69) is 17.1 Å². The van der Waals surface area contributed by atoms with Crippen molar-refractivity contribution in [3.63, 3.8) is 0 Å². The van der Waals surface area contributed by atoms with Crippen molar-refractivity contribution in [3.8, 4) is 0 Å². The summed E-state index contributed by atoms with van der Waals surface area (Å²) in [6.45, 7) is 0. The highest BCUT2D eigenvalue weighted by Gasteiger charge is 2.12. The summed E-state index contributed by atoms with van der Waals surface area (Å²) in [5, 5.41) is 0. The molecule has 3 heteroatoms. The van der Waals surface area contributed by atoms with E-state index < -0.39 is 0 Å². The summed E-state index contributed by atoms with van der Waals surface area (Å²) in [5.41, 5.74) is 7.03. The van der Waals surface area contributed by atoms with Gasteiger partial charge in [0.25, 0.3) is 0 Å². The predicted octanol–water partition coefficient (Wildman–Crippen LogP) is 2.12. The normalized spacial score (nSPS) is 17.6. The molecule has 0 bridgehead atoms. The Balaban J connectivity index is 2.22. The minimum atomic E-state index is -0.225. The number of nitrogens with two attached hydrogens (primary N) is 1. The van der Waals surface area contributed by atoms with Crippen LogP contribution in [0.25, 0.3) is 0 Å². The third-order valence-electron chi connectivity index (χ3n) is 2.12. The summed E-state index contributed by atoms with van der Waals surface area (Å²) in [5.74, 6) is 0.691. The number of rotatable bonds is 2. The van der Waals surface area contributed by atoms with E-state index in [1.807, 2.05) is 18.2 Å². The van der Waals surface area contributed by atoms with Gasteiger partial charge in [-0.15, -0.1) is 0 Å². The van der Waals surface area contributed by atoms with Gasteiger partial charge in [0, 0.05) is 0 Å². The summed E-state index contributed by atoms with van der Waals surface area (Å²) in [6.07, 6.45) is 14.2. The molecule has 1 aliphatic rings. The van der Waals surface area contributed by atoms with E-state index in [1.54, 1.807) is 6.20 Å². The number of hydrogen-bond donors (Lipinski definition) is 1. The van der Waals surface area contributed by atoms with E-state index in [4.69, 9.17) is 10.2 Å². The van der Waals surface area contributed by atoms with Crippen LogP contribution in [-0.2, 0) is 0 Å². The van der Waals surface area contributed by atoms with Gasteiger partial charge < -0.3 is 10.2 Å². The summed E-state index contributed by atoms with van der Waals surface area (Å²) >= 11 is 0. The minimum absolute atomic E-state index is 0.225. The highest BCUT2D eigenvalue weighted by atomic mass is 16.3. The molecule has 1 unspecified atom stereocenters. The molecule has 0 saturated heterocycles. The Bertz CT molecular complexity index is 374. The van der Waals surface area contributed by atoms with Gasteiger partial charge in [0.1, 0.15) is 5.76 Å². The highest BCUT2D eigenvalue weighted by Crippen LogP contribution is 2.20. The average Bonchev–Trinajstić information content (AvgIpc) is 2.59. The van der Waals surface area contributed by atoms with Crippen LogP contribution in [0.5, 0.6) is 0 Å². The molecule has 0 spiro atoms. The topological polar surface area (TPSA) is 52.0 Å². The van der Waals surface area contributed by atoms with E-state index >= 15 is 0 Å². The molecule has 0 amide bonds. The Morgan fingerprint density at radius 2 is 2.36 bits per heavy atom. The third kappa shape index (κ3) is 1.83. The molecule has 1 atom stereocenters. The maximum Gasteiger partial charge on any atom is 0.180 e. The summed E-state index contributed by atoms with van der Waals surface area (Å²) in [7, 11) is 0. The van der Waals surface area contributed by atoms with Crippen molar-refractivity contribution < 1.29 is 4.42 Å². The first-order valence-electron chi connectivity index (χ1n) is 4.55. The fourth-order valence-electron chi connectivity index (χ4n) is 1.35. The molecule has 1 heterocycles. The molecule has 2 rings (SSSR count). The number of hydrogen-bond acceptors (Lipinski definition) is 3. The molecular weight excluding hydrogens is 176 g/mol. The second-order valence-corrected chi connectivity index (χ2v) is 3.11. The van der Waals surface area contributed by atoms with Gasteiger partial charge in [-0.3, -0.25) is 0 Å². The zero-order valence-corrected chi connectivity index (χ0v) is 7.76. The lowest BCUT2D eigenvalue weighted by Crippen LogP contribution is -2.11. The van der Waals surface area contributed by atoms with Gasteiger partial charge in [0.05, 0.1) is 12.2 Å². The van der Waals surface area contributed by atoms with Crippen LogP contribution in [0.3, 0.4) is 0 Å². The molecule has 72 valence electrons. The largest absolute Gasteiger partial charge is 0.446 e. The van der Waals surface area contributed by atoms with Crippen LogP contribution in [0.15, 0.2) is 53.0 Å². The maximum atomic E-state index is 6.00. The quantitative estimate of drug-likeness (QED) is 0.773. The average molecular weight is 188 g/mol. The lowest BCUT2D eigenvalue weighted by atomic mass is 10.1. The first-order chi connectivity index (χ1) is 6.88. The molecule has 0 radical (unpaired) electrons. The van der Waals surface area contributed by atoms with Gasteiger partial charge >= 0.3 is 0 Å². The Labute approximate surface area is 82.6 Å². The smallest absolute Gasteiger partial charge is 0.180 e. The molecule has 2 N–H and O–H groups in total. The van der Waals surface area contributed by atoms with E-state index in [-0.39, 0.29) is 6.04 Å². The number of allylic oxidation sites excluding steroid dienone is 4. The van der Waals surface area contributed by atoms with Crippen molar-refractivity contribution in [1.82, 2.24) is 4.98 Å². The molecular formula is C11H12N2O. The minimum Gasteiger partial charge on any atom is -0.446 e. The fourth-order valence-corrected chi connectivity index (χ4v) is 1.35. The van der Waals surface area contributed by atoms with Crippen LogP contribution in [-0.4, -0.2) is 4.98 Å². The highest BCUT2D eigenvalue weighted by molar-refractivity contribution is 5.33. The van der Waals surface area contributed by atoms with Crippen LogP contribution in [0.2, 0.25) is 0 Å². The zero-order valence-electron chi connectivity index (χ0n) is 7.76. The molecule has 14 heavy (non-hydrogen) atoms. The van der Waals surface area contributed by atoms with Crippen LogP contribution in [0.4, 0.5) is 0 Å². The Morgan fingerprint density at radius 1 is 1.43 bits per heavy atom. The zero-order chi connectivity index (χ0) is 9.80. The SMILES string of the molecule is NC(C1=CC=CCC=C1)c1cnco1. The van der Waals surface area contributed by atoms with Crippen molar-refractivity contribution in [3.05, 3.63) is 54.3 Å². The summed E-state index contributed by atoms with van der Waals surface area (Å²) < 4.78 is 5.15. The van der Waals surface area contributed by atoms with Gasteiger partial charge in [-0.1, -0.05) is 30.4 Å². The van der Waals surface area contributed by atoms with Crippen LogP contribution < -0.4 is 5.73 Å². The first-order valence-corrected chi connectivity index (χ1v) is 4.55. The van der Waals surface area contributed by atoms with Crippen LogP contribution in [0.1, 0.15) is 18.2 Å². The molecule has 0 fully saturated rings. The number of oxazole rings is 1. The van der Waals surface area contributed by atoms with Crippen molar-refractivity contribution in [1.29, 1.82) is 0 Å². The second-order valence-electron chi connectivity index (χ2n) is 3.11. The van der Waals surface area contributed by atoms with Gasteiger partial charge in [-0.05, 0) is 12.0 Å². The Morgan fingerprint density at radius 3 is 3.14 bits per heavy atom. The van der Waals surface area contributed by atoms with E-state index in [1.165, 1.54) is 6.39 Å². The number of aromatic nitrogens is 1.